The average Bonchev–Trinajstić information content (AvgIpc) is 2.82. The van der Waals surface area contributed by atoms with Crippen molar-refractivity contribution in [2.24, 2.45) is 0 Å². The molecule has 0 fully saturated rings. The van der Waals surface area contributed by atoms with Crippen molar-refractivity contribution in [2.45, 2.75) is 31.2 Å². The lowest BCUT2D eigenvalue weighted by molar-refractivity contribution is -0.122. The number of carbonyl (C=O) groups excluding carboxylic acids is 1. The quantitative estimate of drug-likeness (QED) is 0.547. The van der Waals surface area contributed by atoms with Gasteiger partial charge in [-0.2, -0.15) is 4.72 Å². The molecule has 26 heavy (non-hydrogen) atoms. The summed E-state index contributed by atoms with van der Waals surface area (Å²) in [5, 5.41) is 5.75. The van der Waals surface area contributed by atoms with Crippen LogP contribution in [0.4, 0.5) is 0 Å². The van der Waals surface area contributed by atoms with Crippen molar-refractivity contribution in [3.05, 3.63) is 18.2 Å². The highest BCUT2D eigenvalue weighted by Crippen LogP contribution is 2.31. The van der Waals surface area contributed by atoms with Crippen LogP contribution in [0.3, 0.4) is 0 Å². The summed E-state index contributed by atoms with van der Waals surface area (Å²) in [6.07, 6.45) is 0.735. The monoisotopic (exact) mass is 407 g/mol. The van der Waals surface area contributed by atoms with Gasteiger partial charge in [-0.25, -0.2) is 8.42 Å². The third-order valence-electron chi connectivity index (χ3n) is 3.61. The van der Waals surface area contributed by atoms with Gasteiger partial charge in [-0.15, -0.1) is 12.4 Å². The summed E-state index contributed by atoms with van der Waals surface area (Å²) in [4.78, 5) is 12.0. The first kappa shape index (κ1) is 22.5. The van der Waals surface area contributed by atoms with Gasteiger partial charge < -0.3 is 20.1 Å². The van der Waals surface area contributed by atoms with E-state index in [0.29, 0.717) is 37.8 Å². The second-order valence-electron chi connectivity index (χ2n) is 5.65. The average molecular weight is 408 g/mol. The Morgan fingerprint density at radius 1 is 1.19 bits per heavy atom. The molecule has 1 unspecified atom stereocenters. The lowest BCUT2D eigenvalue weighted by Crippen LogP contribution is -2.46. The summed E-state index contributed by atoms with van der Waals surface area (Å²) < 4.78 is 38.4. The van der Waals surface area contributed by atoms with Gasteiger partial charge in [0, 0.05) is 25.6 Å². The molecule has 3 N–H and O–H groups in total. The van der Waals surface area contributed by atoms with Crippen LogP contribution in [0.15, 0.2) is 23.1 Å². The highest BCUT2D eigenvalue weighted by atomic mass is 35.5. The second kappa shape index (κ2) is 10.6. The van der Waals surface area contributed by atoms with Gasteiger partial charge in [0.05, 0.1) is 24.2 Å². The van der Waals surface area contributed by atoms with Crippen molar-refractivity contribution in [3.8, 4) is 11.5 Å². The van der Waals surface area contributed by atoms with E-state index in [9.17, 15) is 13.2 Å². The molecule has 0 saturated heterocycles. The van der Waals surface area contributed by atoms with Crippen molar-refractivity contribution < 1.29 is 22.7 Å². The van der Waals surface area contributed by atoms with E-state index in [1.807, 2.05) is 6.92 Å². The maximum absolute atomic E-state index is 12.5. The number of fused-ring (bicyclic) bond motifs is 1. The summed E-state index contributed by atoms with van der Waals surface area (Å²) in [7, 11) is -3.85. The molecule has 148 valence electrons. The minimum atomic E-state index is -3.85. The van der Waals surface area contributed by atoms with E-state index in [0.717, 1.165) is 13.0 Å². The zero-order chi connectivity index (χ0) is 18.3. The van der Waals surface area contributed by atoms with E-state index >= 15 is 0 Å². The number of halogens is 1. The van der Waals surface area contributed by atoms with Gasteiger partial charge >= 0.3 is 0 Å². The largest absolute Gasteiger partial charge is 0.490 e. The van der Waals surface area contributed by atoms with E-state index in [2.05, 4.69) is 15.4 Å². The van der Waals surface area contributed by atoms with Crippen LogP contribution in [0.1, 0.15) is 20.3 Å². The zero-order valence-corrected chi connectivity index (χ0v) is 16.5. The number of amides is 1. The Hall–Kier alpha value is -1.55. The van der Waals surface area contributed by atoms with Crippen LogP contribution in [-0.4, -0.2) is 53.2 Å². The van der Waals surface area contributed by atoms with Crippen LogP contribution >= 0.6 is 12.4 Å². The molecule has 2 rings (SSSR count). The zero-order valence-electron chi connectivity index (χ0n) is 14.9. The predicted octanol–water partition coefficient (Wildman–Crippen LogP) is 0.662. The molecule has 1 amide bonds. The topological polar surface area (TPSA) is 106 Å². The van der Waals surface area contributed by atoms with Gasteiger partial charge in [0.2, 0.25) is 15.9 Å². The van der Waals surface area contributed by atoms with Crippen LogP contribution in [0, 0.1) is 0 Å². The minimum Gasteiger partial charge on any atom is -0.490 e. The van der Waals surface area contributed by atoms with Gasteiger partial charge in [0.1, 0.15) is 0 Å². The van der Waals surface area contributed by atoms with Crippen molar-refractivity contribution in [2.75, 3.05) is 32.8 Å². The molecule has 0 spiro atoms. The molecule has 10 heteroatoms. The fourth-order valence-electron chi connectivity index (χ4n) is 2.27. The number of nitrogens with one attached hydrogen (secondary N) is 3. The van der Waals surface area contributed by atoms with E-state index < -0.39 is 16.1 Å². The maximum Gasteiger partial charge on any atom is 0.241 e. The molecule has 1 aliphatic heterocycles. The first-order chi connectivity index (χ1) is 11.9. The molecule has 0 saturated carbocycles. The molecular formula is C16H26ClN3O5S. The van der Waals surface area contributed by atoms with Crippen LogP contribution in [-0.2, 0) is 14.8 Å². The molecule has 8 nitrogen and oxygen atoms in total. The Labute approximate surface area is 160 Å². The lowest BCUT2D eigenvalue weighted by atomic mass is 10.3. The highest BCUT2D eigenvalue weighted by molar-refractivity contribution is 7.89. The molecule has 1 aromatic carbocycles. The van der Waals surface area contributed by atoms with E-state index in [1.165, 1.54) is 19.1 Å². The molecule has 1 heterocycles. The number of benzene rings is 1. The van der Waals surface area contributed by atoms with Crippen molar-refractivity contribution in [1.82, 2.24) is 15.4 Å². The summed E-state index contributed by atoms with van der Waals surface area (Å²) >= 11 is 0. The highest BCUT2D eigenvalue weighted by Gasteiger charge is 2.23. The molecule has 0 radical (unpaired) electrons. The molecule has 0 aliphatic carbocycles. The Kier molecular flexibility index (Phi) is 9.14. The number of hydrogen-bond donors (Lipinski definition) is 3. The molecule has 1 aliphatic rings. The molecule has 1 atom stereocenters. The van der Waals surface area contributed by atoms with E-state index in [1.54, 1.807) is 6.07 Å². The van der Waals surface area contributed by atoms with E-state index in [-0.39, 0.29) is 23.2 Å². The normalized spacial score (nSPS) is 14.7. The predicted molar refractivity (Wildman–Crippen MR) is 101 cm³/mol. The Morgan fingerprint density at radius 2 is 1.88 bits per heavy atom. The van der Waals surface area contributed by atoms with Gasteiger partial charge in [-0.3, -0.25) is 4.79 Å². The fourth-order valence-corrected chi connectivity index (χ4v) is 3.49. The summed E-state index contributed by atoms with van der Waals surface area (Å²) in [6.45, 7) is 6.34. The van der Waals surface area contributed by atoms with Crippen molar-refractivity contribution in [3.63, 3.8) is 0 Å². The lowest BCUT2D eigenvalue weighted by Gasteiger charge is -2.15. The van der Waals surface area contributed by atoms with Gasteiger partial charge in [0.15, 0.2) is 11.5 Å². The Bertz CT molecular complexity index is 699. The third kappa shape index (κ3) is 6.31. The summed E-state index contributed by atoms with van der Waals surface area (Å²) in [5.74, 6) is 0.532. The SMILES string of the molecule is CCNCCNC(=O)C(C)NS(=O)(=O)c1ccc2c(c1)OCCCO2.Cl. The van der Waals surface area contributed by atoms with Crippen molar-refractivity contribution >= 4 is 28.3 Å². The smallest absolute Gasteiger partial charge is 0.241 e. The van der Waals surface area contributed by atoms with Gasteiger partial charge in [-0.1, -0.05) is 6.92 Å². The maximum atomic E-state index is 12.5. The summed E-state index contributed by atoms with van der Waals surface area (Å²) in [6, 6.07) is 3.53. The van der Waals surface area contributed by atoms with Gasteiger partial charge in [0.25, 0.3) is 0 Å². The standard InChI is InChI=1S/C16H25N3O5S.ClH/c1-3-17-7-8-18-16(20)12(2)19-25(21,22)13-5-6-14-15(11-13)24-10-4-9-23-14;/h5-6,11-12,17,19H,3-4,7-10H2,1-2H3,(H,18,20);1H. The molecular weight excluding hydrogens is 382 g/mol. The number of sulfonamides is 1. The third-order valence-corrected chi connectivity index (χ3v) is 5.14. The number of rotatable bonds is 8. The van der Waals surface area contributed by atoms with Crippen LogP contribution in [0.5, 0.6) is 11.5 Å². The number of likely N-dealkylation sites (N-methyl/N-ethyl adjacent to an activating group) is 1. The number of hydrogen-bond acceptors (Lipinski definition) is 6. The minimum absolute atomic E-state index is 0. The van der Waals surface area contributed by atoms with Crippen molar-refractivity contribution in [1.29, 1.82) is 0 Å². The van der Waals surface area contributed by atoms with Gasteiger partial charge in [-0.05, 0) is 25.6 Å². The number of carbonyl (C=O) groups is 1. The van der Waals surface area contributed by atoms with Crippen LogP contribution < -0.4 is 24.8 Å². The second-order valence-corrected chi connectivity index (χ2v) is 7.36. The molecule has 1 aromatic rings. The first-order valence-corrected chi connectivity index (χ1v) is 9.82. The summed E-state index contributed by atoms with van der Waals surface area (Å²) in [5.41, 5.74) is 0. The number of ether oxygens (including phenoxy) is 2. The Balaban J connectivity index is 0.00000338. The fraction of sp³-hybridized carbons (Fsp3) is 0.562. The molecule has 0 aromatic heterocycles. The van der Waals surface area contributed by atoms with Crippen LogP contribution in [0.2, 0.25) is 0 Å². The Morgan fingerprint density at radius 3 is 2.58 bits per heavy atom. The molecule has 0 bridgehead atoms. The van der Waals surface area contributed by atoms with E-state index in [4.69, 9.17) is 9.47 Å². The van der Waals surface area contributed by atoms with Crippen LogP contribution in [0.25, 0.3) is 0 Å². The first-order valence-electron chi connectivity index (χ1n) is 8.34.